The van der Waals surface area contributed by atoms with Crippen LogP contribution < -0.4 is 0 Å². The van der Waals surface area contributed by atoms with Gasteiger partial charge in [0.05, 0.1) is 5.54 Å². The highest BCUT2D eigenvalue weighted by Gasteiger charge is 2.29. The van der Waals surface area contributed by atoms with Gasteiger partial charge in [0.2, 0.25) is 0 Å². The predicted molar refractivity (Wildman–Crippen MR) is 107 cm³/mol. The molecule has 2 heterocycles. The van der Waals surface area contributed by atoms with Crippen LogP contribution >= 0.6 is 0 Å². The van der Waals surface area contributed by atoms with Crippen molar-refractivity contribution >= 4 is 10.9 Å². The largest absolute Gasteiger partial charge is 0.335 e. The molecule has 2 heteroatoms. The first kappa shape index (κ1) is 16.9. The van der Waals surface area contributed by atoms with Gasteiger partial charge in [-0.25, -0.2) is 0 Å². The maximum absolute atomic E-state index is 2.66. The van der Waals surface area contributed by atoms with Crippen LogP contribution in [0.4, 0.5) is 0 Å². The van der Waals surface area contributed by atoms with Crippen molar-refractivity contribution in [3.8, 4) is 0 Å². The number of benzene rings is 1. The zero-order valence-corrected chi connectivity index (χ0v) is 16.4. The van der Waals surface area contributed by atoms with Gasteiger partial charge in [-0.1, -0.05) is 29.7 Å². The van der Waals surface area contributed by atoms with Crippen LogP contribution in [-0.2, 0) is 18.5 Å². The summed E-state index contributed by atoms with van der Waals surface area (Å²) in [7, 11) is 2.25. The van der Waals surface area contributed by atoms with Gasteiger partial charge in [0, 0.05) is 36.1 Å². The lowest BCUT2D eigenvalue weighted by Crippen LogP contribution is -2.32. The second-order valence-electron chi connectivity index (χ2n) is 8.79. The highest BCUT2D eigenvalue weighted by atomic mass is 15.1. The molecule has 0 amide bonds. The maximum Gasteiger partial charge on any atom is 0.0577 e. The fraction of sp³-hybridized carbons (Fsp3) is 0.565. The standard InChI is InChI=1S/C23H32N2/c1-17-10-11-21-19(14-17)20-16-24(4)13-12-22(20)25(21)23(2,3)15-18-8-6-5-7-9-18/h10-11,14-15H,5-9,12-13,16H2,1-4H3. The number of aryl methyl sites for hydroxylation is 1. The van der Waals surface area contributed by atoms with E-state index in [2.05, 4.69) is 61.6 Å². The van der Waals surface area contributed by atoms with Gasteiger partial charge in [-0.15, -0.1) is 0 Å². The molecule has 1 fully saturated rings. The van der Waals surface area contributed by atoms with E-state index >= 15 is 0 Å². The number of nitrogens with zero attached hydrogens (tertiary/aromatic N) is 2. The summed E-state index contributed by atoms with van der Waals surface area (Å²) in [4.78, 5) is 2.46. The number of rotatable bonds is 2. The van der Waals surface area contributed by atoms with E-state index in [1.165, 1.54) is 48.6 Å². The Morgan fingerprint density at radius 3 is 2.56 bits per heavy atom. The quantitative estimate of drug-likeness (QED) is 0.652. The third-order valence-corrected chi connectivity index (χ3v) is 6.12. The van der Waals surface area contributed by atoms with Crippen LogP contribution in [0.2, 0.25) is 0 Å². The molecule has 0 unspecified atom stereocenters. The Hall–Kier alpha value is -1.54. The molecule has 1 aromatic carbocycles. The Kier molecular flexibility index (Phi) is 4.27. The van der Waals surface area contributed by atoms with Crippen LogP contribution in [0, 0.1) is 6.92 Å². The van der Waals surface area contributed by atoms with Crippen LogP contribution in [0.3, 0.4) is 0 Å². The van der Waals surface area contributed by atoms with E-state index in [1.807, 2.05) is 0 Å². The van der Waals surface area contributed by atoms with Crippen molar-refractivity contribution in [1.29, 1.82) is 0 Å². The van der Waals surface area contributed by atoms with Crippen molar-refractivity contribution in [3.63, 3.8) is 0 Å². The summed E-state index contributed by atoms with van der Waals surface area (Å²) < 4.78 is 2.66. The number of likely N-dealkylation sites (N-methyl/N-ethyl adjacent to an activating group) is 1. The zero-order valence-electron chi connectivity index (χ0n) is 16.4. The lowest BCUT2D eigenvalue weighted by atomic mass is 9.90. The minimum Gasteiger partial charge on any atom is -0.335 e. The minimum absolute atomic E-state index is 0.0453. The minimum atomic E-state index is 0.0453. The Morgan fingerprint density at radius 1 is 1.04 bits per heavy atom. The summed E-state index contributed by atoms with van der Waals surface area (Å²) in [6, 6.07) is 7.02. The molecule has 0 saturated heterocycles. The predicted octanol–water partition coefficient (Wildman–Crippen LogP) is 5.56. The first-order chi connectivity index (χ1) is 12.0. The summed E-state index contributed by atoms with van der Waals surface area (Å²) in [6.07, 6.45) is 10.5. The van der Waals surface area contributed by atoms with E-state index in [4.69, 9.17) is 0 Å². The third kappa shape index (κ3) is 3.06. The highest BCUT2D eigenvalue weighted by molar-refractivity contribution is 5.87. The summed E-state index contributed by atoms with van der Waals surface area (Å²) in [5.74, 6) is 0. The topological polar surface area (TPSA) is 8.17 Å². The van der Waals surface area contributed by atoms with Crippen molar-refractivity contribution in [2.45, 2.75) is 71.4 Å². The van der Waals surface area contributed by atoms with Crippen molar-refractivity contribution in [3.05, 3.63) is 46.7 Å². The number of fused-ring (bicyclic) bond motifs is 3. The second kappa shape index (κ2) is 6.32. The normalized spacial score (nSPS) is 19.3. The number of hydrogen-bond acceptors (Lipinski definition) is 1. The molecule has 0 bridgehead atoms. The summed E-state index contributed by atoms with van der Waals surface area (Å²) in [5.41, 5.74) is 7.63. The Morgan fingerprint density at radius 2 is 1.80 bits per heavy atom. The molecule has 1 aromatic heterocycles. The van der Waals surface area contributed by atoms with Crippen LogP contribution in [0.1, 0.15) is 62.8 Å². The van der Waals surface area contributed by atoms with Gasteiger partial charge in [-0.05, 0) is 71.2 Å². The molecule has 2 nitrogen and oxygen atoms in total. The van der Waals surface area contributed by atoms with Gasteiger partial charge < -0.3 is 9.47 Å². The van der Waals surface area contributed by atoms with Crippen LogP contribution in [0.25, 0.3) is 10.9 Å². The molecule has 0 N–H and O–H groups in total. The molecule has 1 aliphatic heterocycles. The first-order valence-electron chi connectivity index (χ1n) is 9.98. The van der Waals surface area contributed by atoms with Crippen molar-refractivity contribution in [2.75, 3.05) is 13.6 Å². The van der Waals surface area contributed by atoms with E-state index in [9.17, 15) is 0 Å². The molecule has 134 valence electrons. The molecular formula is C23H32N2. The van der Waals surface area contributed by atoms with Gasteiger partial charge in [0.1, 0.15) is 0 Å². The molecule has 2 aliphatic rings. The fourth-order valence-electron chi connectivity index (χ4n) is 4.98. The van der Waals surface area contributed by atoms with Crippen molar-refractivity contribution in [2.24, 2.45) is 0 Å². The van der Waals surface area contributed by atoms with E-state index in [0.717, 1.165) is 19.5 Å². The van der Waals surface area contributed by atoms with Crippen molar-refractivity contribution < 1.29 is 0 Å². The van der Waals surface area contributed by atoms with Crippen LogP contribution in [0.5, 0.6) is 0 Å². The molecule has 0 atom stereocenters. The van der Waals surface area contributed by atoms with Gasteiger partial charge in [-0.3, -0.25) is 0 Å². The van der Waals surface area contributed by atoms with E-state index in [1.54, 1.807) is 16.8 Å². The van der Waals surface area contributed by atoms with Gasteiger partial charge >= 0.3 is 0 Å². The second-order valence-corrected chi connectivity index (χ2v) is 8.79. The molecular weight excluding hydrogens is 304 g/mol. The van der Waals surface area contributed by atoms with Crippen LogP contribution in [-0.4, -0.2) is 23.1 Å². The van der Waals surface area contributed by atoms with E-state index < -0.39 is 0 Å². The van der Waals surface area contributed by atoms with E-state index in [-0.39, 0.29) is 5.54 Å². The van der Waals surface area contributed by atoms with Gasteiger partial charge in [-0.2, -0.15) is 0 Å². The molecule has 25 heavy (non-hydrogen) atoms. The SMILES string of the molecule is Cc1ccc2c(c1)c1c(n2C(C)(C)C=C2CCCCC2)CCN(C)C1. The number of hydrogen-bond donors (Lipinski definition) is 0. The Labute approximate surface area is 152 Å². The molecule has 2 aromatic rings. The molecule has 4 rings (SSSR count). The summed E-state index contributed by atoms with van der Waals surface area (Å²) >= 11 is 0. The smallest absolute Gasteiger partial charge is 0.0577 e. The fourth-order valence-corrected chi connectivity index (χ4v) is 4.98. The zero-order chi connectivity index (χ0) is 17.6. The first-order valence-corrected chi connectivity index (χ1v) is 9.98. The molecule has 0 spiro atoms. The highest BCUT2D eigenvalue weighted by Crippen LogP contribution is 2.37. The summed E-state index contributed by atoms with van der Waals surface area (Å²) in [6.45, 7) is 9.27. The Balaban J connectivity index is 1.89. The molecule has 1 aliphatic carbocycles. The average molecular weight is 337 g/mol. The van der Waals surface area contributed by atoms with Crippen LogP contribution in [0.15, 0.2) is 29.8 Å². The number of aromatic nitrogens is 1. The molecule has 0 radical (unpaired) electrons. The Bertz CT molecular complexity index is 814. The lowest BCUT2D eigenvalue weighted by Gasteiger charge is -2.32. The van der Waals surface area contributed by atoms with Gasteiger partial charge in [0.25, 0.3) is 0 Å². The third-order valence-electron chi connectivity index (χ3n) is 6.12. The molecule has 1 saturated carbocycles. The van der Waals surface area contributed by atoms with Crippen molar-refractivity contribution in [1.82, 2.24) is 9.47 Å². The van der Waals surface area contributed by atoms with Gasteiger partial charge in [0.15, 0.2) is 0 Å². The summed E-state index contributed by atoms with van der Waals surface area (Å²) in [5, 5.41) is 1.47. The maximum atomic E-state index is 2.66. The monoisotopic (exact) mass is 336 g/mol. The average Bonchev–Trinajstić information content (AvgIpc) is 2.89. The van der Waals surface area contributed by atoms with E-state index in [0.29, 0.717) is 0 Å². The lowest BCUT2D eigenvalue weighted by molar-refractivity contribution is 0.303. The number of allylic oxidation sites excluding steroid dienone is 2.